The van der Waals surface area contributed by atoms with Gasteiger partial charge in [0.1, 0.15) is 5.54 Å². The Morgan fingerprint density at radius 3 is 2.64 bits per heavy atom. The molecule has 0 aromatic carbocycles. The van der Waals surface area contributed by atoms with E-state index in [0.29, 0.717) is 6.42 Å². The molecule has 80 valence electrons. The van der Waals surface area contributed by atoms with Crippen molar-refractivity contribution in [2.24, 2.45) is 0 Å². The first-order valence-electron chi connectivity index (χ1n) is 4.63. The van der Waals surface area contributed by atoms with Crippen molar-refractivity contribution >= 4 is 23.6 Å². The summed E-state index contributed by atoms with van der Waals surface area (Å²) < 4.78 is 0. The molecule has 2 N–H and O–H groups in total. The van der Waals surface area contributed by atoms with Gasteiger partial charge in [-0.2, -0.15) is 11.8 Å². The molecule has 0 aliphatic carbocycles. The number of hydrogen-bond donors (Lipinski definition) is 2. The molecule has 1 amide bonds. The molecule has 2 atom stereocenters. The van der Waals surface area contributed by atoms with E-state index in [4.69, 9.17) is 0 Å². The van der Waals surface area contributed by atoms with Gasteiger partial charge < -0.3 is 10.4 Å². The third-order valence-electron chi connectivity index (χ3n) is 2.56. The summed E-state index contributed by atoms with van der Waals surface area (Å²) >= 11 is 1.60. The van der Waals surface area contributed by atoms with Gasteiger partial charge >= 0.3 is 5.97 Å². The summed E-state index contributed by atoms with van der Waals surface area (Å²) in [6, 6.07) is 0. The predicted molar refractivity (Wildman–Crippen MR) is 55.3 cm³/mol. The van der Waals surface area contributed by atoms with Gasteiger partial charge in [0.25, 0.3) is 0 Å². The lowest BCUT2D eigenvalue weighted by atomic mass is 9.89. The molecule has 0 aromatic heterocycles. The number of carboxylic acids is 1. The van der Waals surface area contributed by atoms with E-state index in [-0.39, 0.29) is 11.2 Å². The zero-order chi connectivity index (χ0) is 10.8. The molecule has 14 heavy (non-hydrogen) atoms. The molecule has 1 aliphatic rings. The van der Waals surface area contributed by atoms with Gasteiger partial charge in [0, 0.05) is 12.2 Å². The van der Waals surface area contributed by atoms with Crippen LogP contribution in [0.1, 0.15) is 26.7 Å². The van der Waals surface area contributed by atoms with Crippen LogP contribution >= 0.6 is 11.8 Å². The van der Waals surface area contributed by atoms with Crippen molar-refractivity contribution in [2.75, 3.05) is 5.75 Å². The molecule has 1 saturated heterocycles. The zero-order valence-corrected chi connectivity index (χ0v) is 9.19. The number of aliphatic carboxylic acids is 1. The first-order chi connectivity index (χ1) is 6.49. The molecule has 5 heteroatoms. The Labute approximate surface area is 87.4 Å². The van der Waals surface area contributed by atoms with Gasteiger partial charge in [-0.3, -0.25) is 4.79 Å². The Morgan fingerprint density at radius 1 is 1.57 bits per heavy atom. The lowest BCUT2D eigenvalue weighted by molar-refractivity contribution is -0.147. The minimum absolute atomic E-state index is 0.0716. The average Bonchev–Trinajstić information content (AvgIpc) is 2.08. The first-order valence-corrected chi connectivity index (χ1v) is 5.67. The summed E-state index contributed by atoms with van der Waals surface area (Å²) in [5.41, 5.74) is -1.06. The van der Waals surface area contributed by atoms with E-state index < -0.39 is 11.5 Å². The van der Waals surface area contributed by atoms with E-state index >= 15 is 0 Å². The van der Waals surface area contributed by atoms with Crippen molar-refractivity contribution in [3.05, 3.63) is 0 Å². The lowest BCUT2D eigenvalue weighted by Crippen LogP contribution is -2.61. The van der Waals surface area contributed by atoms with Crippen LogP contribution in [0.2, 0.25) is 0 Å². The van der Waals surface area contributed by atoms with Crippen LogP contribution in [0.3, 0.4) is 0 Å². The van der Waals surface area contributed by atoms with E-state index in [1.807, 2.05) is 6.92 Å². The number of thioether (sulfide) groups is 1. The van der Waals surface area contributed by atoms with E-state index in [0.717, 1.165) is 12.2 Å². The van der Waals surface area contributed by atoms with Crippen LogP contribution in [0.5, 0.6) is 0 Å². The highest BCUT2D eigenvalue weighted by molar-refractivity contribution is 8.00. The van der Waals surface area contributed by atoms with Crippen LogP contribution in [-0.2, 0) is 9.59 Å². The van der Waals surface area contributed by atoms with E-state index in [9.17, 15) is 14.7 Å². The fraction of sp³-hybridized carbons (Fsp3) is 0.778. The first kappa shape index (κ1) is 11.4. The molecule has 1 aliphatic heterocycles. The minimum Gasteiger partial charge on any atom is -0.479 e. The van der Waals surface area contributed by atoms with Crippen molar-refractivity contribution in [3.63, 3.8) is 0 Å². The molecule has 2 unspecified atom stereocenters. The van der Waals surface area contributed by atoms with Crippen LogP contribution in [0.4, 0.5) is 0 Å². The number of carbonyl (C=O) groups is 2. The van der Waals surface area contributed by atoms with Gasteiger partial charge in [-0.15, -0.1) is 0 Å². The average molecular weight is 217 g/mol. The Balaban J connectivity index is 2.88. The third kappa shape index (κ3) is 2.03. The molecule has 0 aromatic rings. The second kappa shape index (κ2) is 4.21. The molecule has 1 heterocycles. The lowest BCUT2D eigenvalue weighted by Gasteiger charge is -2.38. The number of amides is 1. The highest BCUT2D eigenvalue weighted by Gasteiger charge is 2.46. The van der Waals surface area contributed by atoms with Crippen molar-refractivity contribution < 1.29 is 14.7 Å². The summed E-state index contributed by atoms with van der Waals surface area (Å²) in [5.74, 6) is -0.232. The van der Waals surface area contributed by atoms with Crippen LogP contribution in [0, 0.1) is 0 Å². The second-order valence-corrected chi connectivity index (χ2v) is 5.02. The Morgan fingerprint density at radius 2 is 2.21 bits per heavy atom. The fourth-order valence-corrected chi connectivity index (χ4v) is 3.00. The molecule has 0 bridgehead atoms. The minimum atomic E-state index is -1.06. The van der Waals surface area contributed by atoms with Crippen LogP contribution in [-0.4, -0.2) is 33.5 Å². The predicted octanol–water partition coefficient (Wildman–Crippen LogP) is 0.861. The largest absolute Gasteiger partial charge is 0.479 e. The van der Waals surface area contributed by atoms with Gasteiger partial charge in [-0.05, 0) is 18.6 Å². The Kier molecular flexibility index (Phi) is 3.42. The number of nitrogens with one attached hydrogen (secondary N) is 1. The maximum Gasteiger partial charge on any atom is 0.330 e. The van der Waals surface area contributed by atoms with Gasteiger partial charge in [0.2, 0.25) is 5.91 Å². The third-order valence-corrected chi connectivity index (χ3v) is 3.98. The van der Waals surface area contributed by atoms with Crippen molar-refractivity contribution in [2.45, 2.75) is 37.5 Å². The SMILES string of the molecule is CC(=O)NC1(C(=O)O)CCCSC1C. The Bertz CT molecular complexity index is 256. The molecule has 0 saturated carbocycles. The van der Waals surface area contributed by atoms with E-state index in [1.165, 1.54) is 6.92 Å². The molecule has 1 rings (SSSR count). The number of carboxylic acid groups (broad SMARTS) is 1. The normalized spacial score (nSPS) is 32.3. The highest BCUT2D eigenvalue weighted by atomic mass is 32.2. The van der Waals surface area contributed by atoms with Gasteiger partial charge in [-0.25, -0.2) is 4.79 Å². The summed E-state index contributed by atoms with van der Waals surface area (Å²) in [6.45, 7) is 3.21. The van der Waals surface area contributed by atoms with E-state index in [2.05, 4.69) is 5.32 Å². The smallest absolute Gasteiger partial charge is 0.330 e. The van der Waals surface area contributed by atoms with E-state index in [1.54, 1.807) is 11.8 Å². The van der Waals surface area contributed by atoms with Crippen molar-refractivity contribution in [3.8, 4) is 0 Å². The molecular formula is C9H15NO3S. The maximum absolute atomic E-state index is 11.2. The van der Waals surface area contributed by atoms with Crippen molar-refractivity contribution in [1.29, 1.82) is 0 Å². The van der Waals surface area contributed by atoms with Crippen molar-refractivity contribution in [1.82, 2.24) is 5.32 Å². The van der Waals surface area contributed by atoms with Gasteiger partial charge in [0.15, 0.2) is 0 Å². The van der Waals surface area contributed by atoms with Gasteiger partial charge in [0.05, 0.1) is 0 Å². The topological polar surface area (TPSA) is 66.4 Å². The molecule has 1 fully saturated rings. The van der Waals surface area contributed by atoms with Crippen LogP contribution in [0.15, 0.2) is 0 Å². The number of carbonyl (C=O) groups excluding carboxylic acids is 1. The summed E-state index contributed by atoms with van der Waals surface area (Å²) in [4.78, 5) is 22.2. The maximum atomic E-state index is 11.2. The quantitative estimate of drug-likeness (QED) is 0.720. The zero-order valence-electron chi connectivity index (χ0n) is 8.37. The number of hydrogen-bond acceptors (Lipinski definition) is 3. The standard InChI is InChI=1S/C9H15NO3S/c1-6-9(8(12)13,10-7(2)11)4-3-5-14-6/h6H,3-5H2,1-2H3,(H,10,11)(H,12,13). The summed E-state index contributed by atoms with van der Waals surface area (Å²) in [7, 11) is 0. The highest BCUT2D eigenvalue weighted by Crippen LogP contribution is 2.34. The second-order valence-electron chi connectivity index (χ2n) is 3.57. The fourth-order valence-electron chi connectivity index (χ4n) is 1.77. The molecule has 0 spiro atoms. The molecule has 4 nitrogen and oxygen atoms in total. The summed E-state index contributed by atoms with van der Waals surface area (Å²) in [6.07, 6.45) is 1.36. The number of rotatable bonds is 2. The Hall–Kier alpha value is -0.710. The van der Waals surface area contributed by atoms with Crippen LogP contribution in [0.25, 0.3) is 0 Å². The van der Waals surface area contributed by atoms with Crippen LogP contribution < -0.4 is 5.32 Å². The summed E-state index contributed by atoms with van der Waals surface area (Å²) in [5, 5.41) is 11.7. The molecular weight excluding hydrogens is 202 g/mol. The van der Waals surface area contributed by atoms with Gasteiger partial charge in [-0.1, -0.05) is 6.92 Å². The molecule has 0 radical (unpaired) electrons. The monoisotopic (exact) mass is 217 g/mol.